The largest absolute Gasteiger partial charge is 0.459 e. The van der Waals surface area contributed by atoms with Gasteiger partial charge in [0.25, 0.3) is 0 Å². The van der Waals surface area contributed by atoms with Crippen LogP contribution in [-0.4, -0.2) is 47.7 Å². The van der Waals surface area contributed by atoms with Crippen molar-refractivity contribution in [3.63, 3.8) is 0 Å². The maximum absolute atomic E-state index is 12.8. The molecule has 1 heterocycles. The summed E-state index contributed by atoms with van der Waals surface area (Å²) in [4.78, 5) is 14.9. The zero-order valence-electron chi connectivity index (χ0n) is 14.1. The molecule has 1 radical (unpaired) electrons. The summed E-state index contributed by atoms with van der Waals surface area (Å²) in [5.74, 6) is -0.942. The predicted octanol–water partition coefficient (Wildman–Crippen LogP) is 2.31. The number of likely N-dealkylation sites (tertiary alicyclic amines) is 1. The van der Waals surface area contributed by atoms with Crippen LogP contribution in [0, 0.1) is 6.42 Å². The molecule has 1 aromatic rings. The third-order valence-electron chi connectivity index (χ3n) is 3.69. The van der Waals surface area contributed by atoms with Crippen LogP contribution in [0.25, 0.3) is 0 Å². The number of carbonyl (C=O) groups is 1. The number of aliphatic hydroxyl groups is 1. The predicted molar refractivity (Wildman–Crippen MR) is 87.5 cm³/mol. The van der Waals surface area contributed by atoms with Crippen molar-refractivity contribution < 1.29 is 19.4 Å². The summed E-state index contributed by atoms with van der Waals surface area (Å²) in [6, 6.07) is 9.46. The van der Waals surface area contributed by atoms with E-state index in [4.69, 9.17) is 9.47 Å². The molecule has 5 nitrogen and oxygen atoms in total. The molecule has 1 aliphatic heterocycles. The van der Waals surface area contributed by atoms with Crippen LogP contribution in [0.4, 0.5) is 0 Å². The average Bonchev–Trinajstić information content (AvgIpc) is 3.00. The first-order valence-corrected chi connectivity index (χ1v) is 7.98. The van der Waals surface area contributed by atoms with E-state index in [1.165, 1.54) is 0 Å². The number of hydrogen-bond donors (Lipinski definition) is 1. The van der Waals surface area contributed by atoms with Crippen LogP contribution >= 0.6 is 0 Å². The third kappa shape index (κ3) is 5.03. The van der Waals surface area contributed by atoms with Gasteiger partial charge in [0, 0.05) is 13.1 Å². The number of benzene rings is 1. The van der Waals surface area contributed by atoms with E-state index >= 15 is 0 Å². The Bertz CT molecular complexity index is 491. The average molecular weight is 320 g/mol. The van der Waals surface area contributed by atoms with E-state index in [-0.39, 0.29) is 5.97 Å². The van der Waals surface area contributed by atoms with E-state index in [1.54, 1.807) is 0 Å². The van der Waals surface area contributed by atoms with E-state index in [9.17, 15) is 9.90 Å². The van der Waals surface area contributed by atoms with Crippen LogP contribution in [0.1, 0.15) is 38.7 Å². The Morgan fingerprint density at radius 3 is 2.52 bits per heavy atom. The van der Waals surface area contributed by atoms with Gasteiger partial charge in [-0.3, -0.25) is 9.69 Å². The van der Waals surface area contributed by atoms with Gasteiger partial charge in [0.15, 0.2) is 0 Å². The molecule has 1 aromatic carbocycles. The second-order valence-electron chi connectivity index (χ2n) is 6.68. The van der Waals surface area contributed by atoms with Crippen molar-refractivity contribution in [2.45, 2.75) is 44.9 Å². The maximum Gasteiger partial charge on any atom is 0.318 e. The summed E-state index contributed by atoms with van der Waals surface area (Å²) in [5.41, 5.74) is 0.248. The van der Waals surface area contributed by atoms with E-state index < -0.39 is 24.5 Å². The Kier molecular flexibility index (Phi) is 6.16. The number of ether oxygens (including phenoxy) is 2. The highest BCUT2D eigenvalue weighted by Crippen LogP contribution is 2.29. The molecule has 23 heavy (non-hydrogen) atoms. The molecule has 2 atom stereocenters. The van der Waals surface area contributed by atoms with Crippen molar-refractivity contribution in [3.8, 4) is 0 Å². The molecule has 0 saturated carbocycles. The summed E-state index contributed by atoms with van der Waals surface area (Å²) in [6.07, 6.45) is 2.54. The first kappa shape index (κ1) is 17.9. The first-order valence-electron chi connectivity index (χ1n) is 7.98. The molecular weight excluding hydrogens is 294 g/mol. The highest BCUT2D eigenvalue weighted by atomic mass is 16.6. The Balaban J connectivity index is 2.32. The normalized spacial score (nSPS) is 18.6. The Morgan fingerprint density at radius 2 is 2.00 bits per heavy atom. The highest BCUT2D eigenvalue weighted by Gasteiger charge is 2.38. The highest BCUT2D eigenvalue weighted by molar-refractivity contribution is 5.79. The molecular formula is C18H26NO4. The smallest absolute Gasteiger partial charge is 0.318 e. The third-order valence-corrected chi connectivity index (χ3v) is 3.69. The van der Waals surface area contributed by atoms with Crippen LogP contribution < -0.4 is 0 Å². The van der Waals surface area contributed by atoms with Crippen molar-refractivity contribution in [1.82, 2.24) is 4.90 Å². The minimum absolute atomic E-state index is 0.339. The summed E-state index contributed by atoms with van der Waals surface area (Å²) in [5, 5.41) is 9.30. The molecule has 0 amide bonds. The molecule has 1 N–H and O–H groups in total. The molecule has 2 unspecified atom stereocenters. The molecule has 0 spiro atoms. The van der Waals surface area contributed by atoms with Gasteiger partial charge in [0.1, 0.15) is 24.5 Å². The lowest BCUT2D eigenvalue weighted by atomic mass is 9.96. The van der Waals surface area contributed by atoms with E-state index in [1.807, 2.05) is 51.1 Å². The lowest BCUT2D eigenvalue weighted by Gasteiger charge is -2.34. The lowest BCUT2D eigenvalue weighted by Crippen LogP contribution is -2.44. The number of carbonyl (C=O) groups excluding carboxylic acids is 1. The Morgan fingerprint density at radius 1 is 1.30 bits per heavy atom. The minimum Gasteiger partial charge on any atom is -0.459 e. The van der Waals surface area contributed by atoms with E-state index in [0.29, 0.717) is 0 Å². The quantitative estimate of drug-likeness (QED) is 0.644. The molecule has 0 aromatic heterocycles. The van der Waals surface area contributed by atoms with Crippen LogP contribution in [0.5, 0.6) is 0 Å². The fourth-order valence-electron chi connectivity index (χ4n) is 2.77. The van der Waals surface area contributed by atoms with Gasteiger partial charge in [-0.1, -0.05) is 30.3 Å². The van der Waals surface area contributed by atoms with Crippen LogP contribution in [0.2, 0.25) is 0 Å². The van der Waals surface area contributed by atoms with Gasteiger partial charge in [-0.05, 0) is 39.2 Å². The molecule has 1 aliphatic rings. The second-order valence-corrected chi connectivity index (χ2v) is 6.68. The number of esters is 1. The lowest BCUT2D eigenvalue weighted by molar-refractivity contribution is -0.173. The van der Waals surface area contributed by atoms with Gasteiger partial charge < -0.3 is 14.6 Å². The molecule has 127 valence electrons. The summed E-state index contributed by atoms with van der Waals surface area (Å²) < 4.78 is 11.1. The van der Waals surface area contributed by atoms with E-state index in [2.05, 4.69) is 11.3 Å². The summed E-state index contributed by atoms with van der Waals surface area (Å²) in [6.45, 7) is 6.64. The molecule has 5 heteroatoms. The van der Waals surface area contributed by atoms with Crippen LogP contribution in [0.3, 0.4) is 0 Å². The number of rotatable bonds is 6. The van der Waals surface area contributed by atoms with Crippen molar-refractivity contribution in [2.75, 3.05) is 19.9 Å². The maximum atomic E-state index is 12.8. The SMILES string of the molecule is CC(C)(C)OC(=O)C(c1ccccc1)C(OCO)N1C[CH]CC1. The van der Waals surface area contributed by atoms with Crippen molar-refractivity contribution >= 4 is 5.97 Å². The van der Waals surface area contributed by atoms with Gasteiger partial charge >= 0.3 is 5.97 Å². The van der Waals surface area contributed by atoms with Gasteiger partial charge in [-0.15, -0.1) is 0 Å². The number of hydrogen-bond acceptors (Lipinski definition) is 5. The van der Waals surface area contributed by atoms with Crippen molar-refractivity contribution in [2.24, 2.45) is 0 Å². The zero-order valence-corrected chi connectivity index (χ0v) is 14.1. The molecule has 0 aliphatic carbocycles. The molecule has 0 bridgehead atoms. The van der Waals surface area contributed by atoms with Gasteiger partial charge in [0.05, 0.1) is 0 Å². The molecule has 2 rings (SSSR count). The minimum atomic E-state index is -0.603. The van der Waals surface area contributed by atoms with E-state index in [0.717, 1.165) is 25.1 Å². The van der Waals surface area contributed by atoms with Crippen LogP contribution in [0.15, 0.2) is 30.3 Å². The molecule has 1 saturated heterocycles. The van der Waals surface area contributed by atoms with Crippen LogP contribution in [-0.2, 0) is 14.3 Å². The first-order chi connectivity index (χ1) is 10.9. The summed E-state index contributed by atoms with van der Waals surface area (Å²) >= 11 is 0. The fourth-order valence-corrected chi connectivity index (χ4v) is 2.77. The summed E-state index contributed by atoms with van der Waals surface area (Å²) in [7, 11) is 0. The Labute approximate surface area is 138 Å². The fraction of sp³-hybridized carbons (Fsp3) is 0.556. The van der Waals surface area contributed by atoms with Crippen molar-refractivity contribution in [1.29, 1.82) is 0 Å². The van der Waals surface area contributed by atoms with Crippen molar-refractivity contribution in [3.05, 3.63) is 42.3 Å². The second kappa shape index (κ2) is 7.90. The number of nitrogens with zero attached hydrogens (tertiary/aromatic N) is 1. The number of aliphatic hydroxyl groups excluding tert-OH is 1. The monoisotopic (exact) mass is 320 g/mol. The molecule has 1 fully saturated rings. The Hall–Kier alpha value is -1.43. The van der Waals surface area contributed by atoms with Gasteiger partial charge in [0.2, 0.25) is 0 Å². The standard InChI is InChI=1S/C18H26NO4/c1-18(2,3)23-17(21)15(14-9-5-4-6-10-14)16(22-13-20)19-11-7-8-12-19/h4-7,9-10,15-16,20H,8,11-13H2,1-3H3. The van der Waals surface area contributed by atoms with Gasteiger partial charge in [-0.2, -0.15) is 0 Å². The topological polar surface area (TPSA) is 59.0 Å². The zero-order chi connectivity index (χ0) is 16.9. The van der Waals surface area contributed by atoms with Gasteiger partial charge in [-0.25, -0.2) is 0 Å².